The van der Waals surface area contributed by atoms with Gasteiger partial charge in [-0.15, -0.1) is 0 Å². The maximum Gasteiger partial charge on any atom is 0.417 e. The van der Waals surface area contributed by atoms with E-state index in [0.717, 1.165) is 6.07 Å². The molecule has 3 aromatic rings. The molecule has 0 spiro atoms. The van der Waals surface area contributed by atoms with Gasteiger partial charge in [0, 0.05) is 23.6 Å². The molecule has 0 bridgehead atoms. The number of halogens is 3. The largest absolute Gasteiger partial charge is 0.417 e. The van der Waals surface area contributed by atoms with Crippen LogP contribution in [0.2, 0.25) is 0 Å². The first-order valence-corrected chi connectivity index (χ1v) is 9.89. The van der Waals surface area contributed by atoms with Crippen molar-refractivity contribution in [2.45, 2.75) is 17.6 Å². The number of rotatable bonds is 6. The fourth-order valence-corrected chi connectivity index (χ4v) is 3.33. The smallest absolute Gasteiger partial charge is 0.340 e. The Morgan fingerprint density at radius 2 is 1.97 bits per heavy atom. The fourth-order valence-electron chi connectivity index (χ4n) is 2.57. The van der Waals surface area contributed by atoms with E-state index in [4.69, 9.17) is 5.26 Å². The molecule has 0 aliphatic carbocycles. The van der Waals surface area contributed by atoms with Gasteiger partial charge in [0.05, 0.1) is 28.5 Å². The minimum atomic E-state index is -4.51. The van der Waals surface area contributed by atoms with Crippen LogP contribution in [-0.4, -0.2) is 30.0 Å². The summed E-state index contributed by atoms with van der Waals surface area (Å²) in [6, 6.07) is 8.19. The molecule has 0 unspecified atom stereocenters. The molecule has 12 heteroatoms. The third kappa shape index (κ3) is 4.58. The lowest BCUT2D eigenvalue weighted by Gasteiger charge is -2.13. The summed E-state index contributed by atoms with van der Waals surface area (Å²) < 4.78 is 66.3. The van der Waals surface area contributed by atoms with E-state index in [1.807, 2.05) is 6.07 Å². The van der Waals surface area contributed by atoms with Crippen molar-refractivity contribution in [1.29, 1.82) is 5.26 Å². The number of aromatic nitrogens is 3. The molecule has 2 N–H and O–H groups in total. The first-order valence-electron chi connectivity index (χ1n) is 8.41. The van der Waals surface area contributed by atoms with Gasteiger partial charge in [-0.3, -0.25) is 0 Å². The van der Waals surface area contributed by atoms with Crippen molar-refractivity contribution in [2.24, 2.45) is 0 Å². The highest BCUT2D eigenvalue weighted by Crippen LogP contribution is 2.33. The summed E-state index contributed by atoms with van der Waals surface area (Å²) in [5.74, 6) is 0.130. The molecule has 156 valence electrons. The molecule has 0 amide bonds. The molecule has 0 aliphatic heterocycles. The molecule has 2 heterocycles. The van der Waals surface area contributed by atoms with Crippen LogP contribution in [0.5, 0.6) is 0 Å². The van der Waals surface area contributed by atoms with E-state index in [0.29, 0.717) is 23.1 Å². The molecule has 8 nitrogen and oxygen atoms in total. The molecule has 0 fully saturated rings. The number of nitrogens with one attached hydrogen (secondary N) is 2. The third-order valence-electron chi connectivity index (χ3n) is 4.09. The number of benzene rings is 1. The molecule has 0 aliphatic rings. The van der Waals surface area contributed by atoms with Gasteiger partial charge in [-0.2, -0.15) is 18.4 Å². The van der Waals surface area contributed by atoms with Crippen molar-refractivity contribution >= 4 is 21.5 Å². The molecule has 0 saturated heterocycles. The number of nitriles is 1. The van der Waals surface area contributed by atoms with Crippen LogP contribution >= 0.6 is 0 Å². The molecular formula is C18H15F3N6O2S. The number of sulfonamides is 1. The Bertz CT molecular complexity index is 1200. The predicted octanol–water partition coefficient (Wildman–Crippen LogP) is 3.14. The summed E-state index contributed by atoms with van der Waals surface area (Å²) in [4.78, 5) is 7.93. The molecule has 0 atom stereocenters. The standard InChI is InChI=1S/C18H15F3N6O2S/c1-23-30(28,29)13-3-4-15(14(8-13)16-10-27(7-6-22)11-25-16)26-17-5-2-12(9-24-17)18(19,20)21/h2-5,8-11,23H,7H2,1H3,(H,24,26). The topological polar surface area (TPSA) is 113 Å². The van der Waals surface area contributed by atoms with Gasteiger partial charge in [0.15, 0.2) is 0 Å². The number of nitrogens with zero attached hydrogens (tertiary/aromatic N) is 4. The first kappa shape index (κ1) is 21.3. The normalized spacial score (nSPS) is 11.8. The van der Waals surface area contributed by atoms with Crippen molar-refractivity contribution < 1.29 is 21.6 Å². The lowest BCUT2D eigenvalue weighted by molar-refractivity contribution is -0.137. The second-order valence-corrected chi connectivity index (χ2v) is 7.95. The number of hydrogen-bond donors (Lipinski definition) is 2. The molecule has 0 saturated carbocycles. The number of hydrogen-bond acceptors (Lipinski definition) is 6. The van der Waals surface area contributed by atoms with Gasteiger partial charge in [-0.25, -0.2) is 23.1 Å². The van der Waals surface area contributed by atoms with Gasteiger partial charge in [0.25, 0.3) is 0 Å². The van der Waals surface area contributed by atoms with Crippen LogP contribution in [0.25, 0.3) is 11.3 Å². The Morgan fingerprint density at radius 3 is 2.57 bits per heavy atom. The minimum absolute atomic E-state index is 0.0271. The van der Waals surface area contributed by atoms with Crippen LogP contribution in [0.3, 0.4) is 0 Å². The maximum absolute atomic E-state index is 12.7. The summed E-state index contributed by atoms with van der Waals surface area (Å²) in [5.41, 5.74) is 0.219. The van der Waals surface area contributed by atoms with Crippen LogP contribution < -0.4 is 10.0 Å². The third-order valence-corrected chi connectivity index (χ3v) is 5.50. The summed E-state index contributed by atoms with van der Waals surface area (Å²) in [6.45, 7) is 0.0464. The fraction of sp³-hybridized carbons (Fsp3) is 0.167. The van der Waals surface area contributed by atoms with Crippen molar-refractivity contribution in [3.8, 4) is 17.3 Å². The van der Waals surface area contributed by atoms with Gasteiger partial charge in [-0.05, 0) is 37.4 Å². The Morgan fingerprint density at radius 1 is 1.20 bits per heavy atom. The summed E-state index contributed by atoms with van der Waals surface area (Å²) in [6.07, 6.45) is -0.839. The predicted molar refractivity (Wildman–Crippen MR) is 102 cm³/mol. The summed E-state index contributed by atoms with van der Waals surface area (Å²) in [7, 11) is -2.48. The van der Waals surface area contributed by atoms with Crippen LogP contribution in [0.15, 0.2) is 53.9 Å². The first-order chi connectivity index (χ1) is 14.1. The Hall–Kier alpha value is -3.43. The minimum Gasteiger partial charge on any atom is -0.340 e. The van der Waals surface area contributed by atoms with Gasteiger partial charge >= 0.3 is 6.18 Å². The zero-order chi connectivity index (χ0) is 21.9. The van der Waals surface area contributed by atoms with E-state index in [-0.39, 0.29) is 17.3 Å². The second kappa shape index (κ2) is 8.13. The van der Waals surface area contributed by atoms with E-state index in [1.54, 1.807) is 6.20 Å². The lowest BCUT2D eigenvalue weighted by Crippen LogP contribution is -2.18. The average Bonchev–Trinajstić information content (AvgIpc) is 3.16. The molecule has 0 radical (unpaired) electrons. The zero-order valence-corrected chi connectivity index (χ0v) is 16.3. The summed E-state index contributed by atoms with van der Waals surface area (Å²) >= 11 is 0. The highest BCUT2D eigenvalue weighted by atomic mass is 32.2. The quantitative estimate of drug-likeness (QED) is 0.614. The lowest BCUT2D eigenvalue weighted by atomic mass is 10.1. The highest BCUT2D eigenvalue weighted by Gasteiger charge is 2.30. The van der Waals surface area contributed by atoms with Crippen LogP contribution in [0.4, 0.5) is 24.7 Å². The Labute approximate surface area is 170 Å². The average molecular weight is 436 g/mol. The monoisotopic (exact) mass is 436 g/mol. The van der Waals surface area contributed by atoms with Crippen molar-refractivity contribution in [3.63, 3.8) is 0 Å². The summed E-state index contributed by atoms with van der Waals surface area (Å²) in [5, 5.41) is 11.7. The number of anilines is 2. The molecule has 2 aromatic heterocycles. The Kier molecular flexibility index (Phi) is 5.77. The van der Waals surface area contributed by atoms with Crippen LogP contribution in [0.1, 0.15) is 5.56 Å². The highest BCUT2D eigenvalue weighted by molar-refractivity contribution is 7.89. The zero-order valence-electron chi connectivity index (χ0n) is 15.5. The van der Waals surface area contributed by atoms with Crippen LogP contribution in [0, 0.1) is 11.3 Å². The van der Waals surface area contributed by atoms with Crippen molar-refractivity contribution in [2.75, 3.05) is 12.4 Å². The molecular weight excluding hydrogens is 421 g/mol. The van der Waals surface area contributed by atoms with E-state index >= 15 is 0 Å². The SMILES string of the molecule is CNS(=O)(=O)c1ccc(Nc2ccc(C(F)(F)F)cn2)c(-c2cn(CC#N)cn2)c1. The second-order valence-electron chi connectivity index (χ2n) is 6.06. The van der Waals surface area contributed by atoms with E-state index in [1.165, 1.54) is 42.2 Å². The maximum atomic E-state index is 12.7. The molecule has 30 heavy (non-hydrogen) atoms. The van der Waals surface area contributed by atoms with Gasteiger partial charge in [0.2, 0.25) is 10.0 Å². The number of pyridine rings is 1. The van der Waals surface area contributed by atoms with Gasteiger partial charge in [-0.1, -0.05) is 0 Å². The van der Waals surface area contributed by atoms with E-state index in [2.05, 4.69) is 20.0 Å². The van der Waals surface area contributed by atoms with E-state index in [9.17, 15) is 21.6 Å². The number of alkyl halides is 3. The molecule has 3 rings (SSSR count). The van der Waals surface area contributed by atoms with Crippen molar-refractivity contribution in [1.82, 2.24) is 19.3 Å². The van der Waals surface area contributed by atoms with Gasteiger partial charge < -0.3 is 9.88 Å². The van der Waals surface area contributed by atoms with Crippen molar-refractivity contribution in [3.05, 3.63) is 54.6 Å². The number of imidazole rings is 1. The molecule has 1 aromatic carbocycles. The van der Waals surface area contributed by atoms with Crippen LogP contribution in [-0.2, 0) is 22.7 Å². The van der Waals surface area contributed by atoms with Gasteiger partial charge in [0.1, 0.15) is 12.4 Å². The van der Waals surface area contributed by atoms with E-state index < -0.39 is 21.8 Å². The Balaban J connectivity index is 2.03.